The number of cyclic esters (lactones) is 1. The first-order chi connectivity index (χ1) is 3.84. The second-order valence-electron chi connectivity index (χ2n) is 1.69. The zero-order chi connectivity index (χ0) is 5.98. The molecule has 1 saturated heterocycles. The van der Waals surface area contributed by atoms with E-state index < -0.39 is 0 Å². The van der Waals surface area contributed by atoms with E-state index in [1.807, 2.05) is 6.92 Å². The Balaban J connectivity index is 2.42. The Bertz CT molecular complexity index is 103. The van der Waals surface area contributed by atoms with Crippen LogP contribution in [0.3, 0.4) is 0 Å². The fourth-order valence-electron chi connectivity index (χ4n) is 0.713. The predicted octanol–water partition coefficient (Wildman–Crippen LogP) is 0.458. The monoisotopic (exact) mass is 115 g/mol. The molecule has 0 radical (unpaired) electrons. The van der Waals surface area contributed by atoms with E-state index in [1.54, 1.807) is 4.90 Å². The van der Waals surface area contributed by atoms with Crippen molar-refractivity contribution in [2.45, 2.75) is 6.92 Å². The molecule has 1 heterocycles. The fourth-order valence-corrected chi connectivity index (χ4v) is 0.713. The van der Waals surface area contributed by atoms with Crippen molar-refractivity contribution in [2.24, 2.45) is 0 Å². The molecule has 0 saturated carbocycles. The van der Waals surface area contributed by atoms with Crippen molar-refractivity contribution < 1.29 is 9.53 Å². The average Bonchev–Trinajstić information content (AvgIpc) is 2.14. The highest BCUT2D eigenvalue weighted by Crippen LogP contribution is 2.00. The molecule has 0 unspecified atom stereocenters. The van der Waals surface area contributed by atoms with Gasteiger partial charge in [0, 0.05) is 6.54 Å². The molecule has 0 atom stereocenters. The smallest absolute Gasteiger partial charge is 0.409 e. The summed E-state index contributed by atoms with van der Waals surface area (Å²) < 4.78 is 4.64. The van der Waals surface area contributed by atoms with Gasteiger partial charge in [-0.15, -0.1) is 0 Å². The third kappa shape index (κ3) is 0.757. The first-order valence-electron chi connectivity index (χ1n) is 2.76. The van der Waals surface area contributed by atoms with E-state index in [4.69, 9.17) is 0 Å². The minimum Gasteiger partial charge on any atom is -0.448 e. The van der Waals surface area contributed by atoms with Gasteiger partial charge in [-0.1, -0.05) is 0 Å². The van der Waals surface area contributed by atoms with Crippen LogP contribution in [0, 0.1) is 0 Å². The first-order valence-corrected chi connectivity index (χ1v) is 2.76. The molecule has 0 aliphatic carbocycles. The highest BCUT2D eigenvalue weighted by Gasteiger charge is 2.18. The minimum atomic E-state index is -0.174. The molecule has 1 aliphatic heterocycles. The van der Waals surface area contributed by atoms with Gasteiger partial charge >= 0.3 is 6.09 Å². The van der Waals surface area contributed by atoms with Crippen LogP contribution < -0.4 is 0 Å². The molecule has 1 aliphatic rings. The number of ether oxygens (including phenoxy) is 1. The summed E-state index contributed by atoms with van der Waals surface area (Å²) in [4.78, 5) is 12.2. The van der Waals surface area contributed by atoms with Gasteiger partial charge in [-0.05, 0) is 6.92 Å². The molecule has 0 spiro atoms. The standard InChI is InChI=1S/C5H9NO2/c1-2-6-3-4-8-5(6)7/h2-4H2,1H3. The largest absolute Gasteiger partial charge is 0.448 e. The molecular formula is C5H9NO2. The van der Waals surface area contributed by atoms with E-state index in [0.29, 0.717) is 6.61 Å². The third-order valence-corrected chi connectivity index (χ3v) is 1.23. The minimum absolute atomic E-state index is 0.174. The molecule has 46 valence electrons. The van der Waals surface area contributed by atoms with E-state index >= 15 is 0 Å². The van der Waals surface area contributed by atoms with Gasteiger partial charge in [-0.2, -0.15) is 0 Å². The molecule has 0 bridgehead atoms. The number of hydrogen-bond donors (Lipinski definition) is 0. The zero-order valence-corrected chi connectivity index (χ0v) is 4.89. The maximum absolute atomic E-state index is 10.5. The van der Waals surface area contributed by atoms with Crippen LogP contribution >= 0.6 is 0 Å². The van der Waals surface area contributed by atoms with Crippen molar-refractivity contribution in [1.29, 1.82) is 0 Å². The Morgan fingerprint density at radius 3 is 2.88 bits per heavy atom. The molecule has 3 nitrogen and oxygen atoms in total. The quantitative estimate of drug-likeness (QED) is 0.496. The summed E-state index contributed by atoms with van der Waals surface area (Å²) in [6, 6.07) is 0. The molecule has 8 heavy (non-hydrogen) atoms. The Kier molecular flexibility index (Phi) is 1.37. The predicted molar refractivity (Wildman–Crippen MR) is 28.6 cm³/mol. The van der Waals surface area contributed by atoms with Gasteiger partial charge in [0.15, 0.2) is 0 Å². The van der Waals surface area contributed by atoms with Crippen molar-refractivity contribution in [3.8, 4) is 0 Å². The number of rotatable bonds is 1. The molecule has 0 aromatic rings. The van der Waals surface area contributed by atoms with Crippen LogP contribution in [-0.2, 0) is 4.74 Å². The molecule has 0 aromatic heterocycles. The van der Waals surface area contributed by atoms with Crippen LogP contribution in [0.15, 0.2) is 0 Å². The molecule has 1 fully saturated rings. The lowest BCUT2D eigenvalue weighted by molar-refractivity contribution is 0.159. The Hall–Kier alpha value is -0.730. The van der Waals surface area contributed by atoms with Crippen molar-refractivity contribution in [1.82, 2.24) is 4.90 Å². The van der Waals surface area contributed by atoms with E-state index in [0.717, 1.165) is 13.1 Å². The second-order valence-corrected chi connectivity index (χ2v) is 1.69. The summed E-state index contributed by atoms with van der Waals surface area (Å²) in [6.07, 6.45) is -0.174. The molecule has 3 heteroatoms. The number of likely N-dealkylation sites (N-methyl/N-ethyl adjacent to an activating group) is 1. The number of carbonyl (C=O) groups is 1. The van der Waals surface area contributed by atoms with Gasteiger partial charge in [-0.25, -0.2) is 4.79 Å². The van der Waals surface area contributed by atoms with Crippen LogP contribution in [-0.4, -0.2) is 30.7 Å². The molecular weight excluding hydrogens is 106 g/mol. The topological polar surface area (TPSA) is 29.5 Å². The summed E-state index contributed by atoms with van der Waals surface area (Å²) in [5, 5.41) is 0. The van der Waals surface area contributed by atoms with Crippen LogP contribution in [0.2, 0.25) is 0 Å². The van der Waals surface area contributed by atoms with E-state index in [9.17, 15) is 4.79 Å². The molecule has 1 rings (SSSR count). The summed E-state index contributed by atoms with van der Waals surface area (Å²) in [5.74, 6) is 0. The lowest BCUT2D eigenvalue weighted by Gasteiger charge is -2.05. The Morgan fingerprint density at radius 2 is 2.62 bits per heavy atom. The van der Waals surface area contributed by atoms with Crippen molar-refractivity contribution in [3.63, 3.8) is 0 Å². The van der Waals surface area contributed by atoms with Crippen molar-refractivity contribution >= 4 is 6.09 Å². The maximum Gasteiger partial charge on any atom is 0.409 e. The molecule has 0 N–H and O–H groups in total. The summed E-state index contributed by atoms with van der Waals surface area (Å²) in [5.41, 5.74) is 0. The third-order valence-electron chi connectivity index (χ3n) is 1.23. The number of amides is 1. The zero-order valence-electron chi connectivity index (χ0n) is 4.89. The van der Waals surface area contributed by atoms with Gasteiger partial charge in [0.25, 0.3) is 0 Å². The summed E-state index contributed by atoms with van der Waals surface area (Å²) in [6.45, 7) is 4.02. The van der Waals surface area contributed by atoms with Gasteiger partial charge in [0.05, 0.1) is 6.54 Å². The fraction of sp³-hybridized carbons (Fsp3) is 0.800. The van der Waals surface area contributed by atoms with Gasteiger partial charge in [0.1, 0.15) is 6.61 Å². The lowest BCUT2D eigenvalue weighted by Crippen LogP contribution is -2.23. The van der Waals surface area contributed by atoms with Crippen LogP contribution in [0.4, 0.5) is 4.79 Å². The van der Waals surface area contributed by atoms with E-state index in [2.05, 4.69) is 4.74 Å². The van der Waals surface area contributed by atoms with Crippen molar-refractivity contribution in [3.05, 3.63) is 0 Å². The van der Waals surface area contributed by atoms with Crippen LogP contribution in [0.1, 0.15) is 6.92 Å². The summed E-state index contributed by atoms with van der Waals surface area (Å²) >= 11 is 0. The highest BCUT2D eigenvalue weighted by atomic mass is 16.6. The van der Waals surface area contributed by atoms with E-state index in [-0.39, 0.29) is 6.09 Å². The first kappa shape index (κ1) is 5.41. The normalized spacial score (nSPS) is 19.1. The molecule has 1 amide bonds. The van der Waals surface area contributed by atoms with Crippen molar-refractivity contribution in [2.75, 3.05) is 19.7 Å². The average molecular weight is 115 g/mol. The van der Waals surface area contributed by atoms with Crippen LogP contribution in [0.5, 0.6) is 0 Å². The number of carbonyl (C=O) groups excluding carboxylic acids is 1. The number of hydrogen-bond acceptors (Lipinski definition) is 2. The Labute approximate surface area is 48.2 Å². The lowest BCUT2D eigenvalue weighted by atomic mass is 10.6. The van der Waals surface area contributed by atoms with Gasteiger partial charge in [-0.3, -0.25) is 0 Å². The van der Waals surface area contributed by atoms with E-state index in [1.165, 1.54) is 0 Å². The highest BCUT2D eigenvalue weighted by molar-refractivity contribution is 5.69. The SMILES string of the molecule is CCN1CCOC1=O. The van der Waals surface area contributed by atoms with Gasteiger partial charge < -0.3 is 9.64 Å². The number of nitrogens with zero attached hydrogens (tertiary/aromatic N) is 1. The Morgan fingerprint density at radius 1 is 1.88 bits per heavy atom. The molecule has 0 aromatic carbocycles. The van der Waals surface area contributed by atoms with Gasteiger partial charge in [0.2, 0.25) is 0 Å². The van der Waals surface area contributed by atoms with Crippen LogP contribution in [0.25, 0.3) is 0 Å². The summed E-state index contributed by atoms with van der Waals surface area (Å²) in [7, 11) is 0. The second kappa shape index (κ2) is 2.03. The maximum atomic E-state index is 10.5.